The van der Waals surface area contributed by atoms with E-state index < -0.39 is 0 Å². The zero-order valence-electron chi connectivity index (χ0n) is 16.6. The quantitative estimate of drug-likeness (QED) is 0.269. The van der Waals surface area contributed by atoms with E-state index in [0.29, 0.717) is 0 Å². The molecule has 158 valence electrons. The molecule has 0 spiro atoms. The second kappa shape index (κ2) is 13.4. The molecule has 3 rings (SSSR count). The number of tetrazole rings is 1. The second-order valence-corrected chi connectivity index (χ2v) is 7.13. The van der Waals surface area contributed by atoms with Crippen LogP contribution in [0.5, 0.6) is 0 Å². The van der Waals surface area contributed by atoms with Crippen LogP contribution in [-0.2, 0) is 6.54 Å². The van der Waals surface area contributed by atoms with Crippen molar-refractivity contribution in [2.75, 3.05) is 30.3 Å². The van der Waals surface area contributed by atoms with Gasteiger partial charge in [-0.15, -0.1) is 5.10 Å². The predicted octanol–water partition coefficient (Wildman–Crippen LogP) is -2.60. The molecule has 9 heteroatoms. The highest BCUT2D eigenvalue weighted by Gasteiger charge is 2.08. The number of anilines is 1. The molecule has 0 aliphatic carbocycles. The molecule has 0 amide bonds. The second-order valence-electron chi connectivity index (χ2n) is 6.07. The van der Waals surface area contributed by atoms with Crippen LogP contribution in [-0.4, -0.2) is 45.6 Å². The number of hydrogen-bond acceptors (Lipinski definition) is 6. The number of benzene rings is 2. The summed E-state index contributed by atoms with van der Waals surface area (Å²) in [6.45, 7) is 8.20. The van der Waals surface area contributed by atoms with Gasteiger partial charge in [0.25, 0.3) is 0 Å². The van der Waals surface area contributed by atoms with E-state index >= 15 is 0 Å². The van der Waals surface area contributed by atoms with Crippen LogP contribution in [0.4, 0.5) is 5.69 Å². The Labute approximate surface area is 189 Å². The van der Waals surface area contributed by atoms with E-state index in [0.717, 1.165) is 42.8 Å². The van der Waals surface area contributed by atoms with E-state index in [1.165, 1.54) is 11.3 Å². The third kappa shape index (κ3) is 7.19. The number of halogens is 2. The van der Waals surface area contributed by atoms with Crippen LogP contribution in [0.25, 0.3) is 5.69 Å². The normalized spacial score (nSPS) is 10.1. The first kappa shape index (κ1) is 25.2. The molecule has 2 aromatic carbocycles. The maximum absolute atomic E-state index is 4.12. The summed E-state index contributed by atoms with van der Waals surface area (Å²) >= 11 is 1.65. The topological polar surface area (TPSA) is 58.9 Å². The molecule has 0 bridgehead atoms. The van der Waals surface area contributed by atoms with Crippen LogP contribution in [0.15, 0.2) is 59.8 Å². The fraction of sp³-hybridized carbons (Fsp3) is 0.350. The minimum Gasteiger partial charge on any atom is -1.00 e. The van der Waals surface area contributed by atoms with Gasteiger partial charge >= 0.3 is 0 Å². The van der Waals surface area contributed by atoms with Crippen LogP contribution < -0.4 is 35.0 Å². The maximum Gasteiger partial charge on any atom is 0.214 e. The third-order valence-corrected chi connectivity index (χ3v) is 5.27. The smallest absolute Gasteiger partial charge is 0.214 e. The first-order valence-corrected chi connectivity index (χ1v) is 10.3. The van der Waals surface area contributed by atoms with E-state index in [1.807, 2.05) is 30.3 Å². The van der Waals surface area contributed by atoms with Gasteiger partial charge in [-0.05, 0) is 54.1 Å². The van der Waals surface area contributed by atoms with Crippen LogP contribution in [0, 0.1) is 0 Å². The first-order chi connectivity index (χ1) is 13.3. The number of aromatic nitrogens is 4. The van der Waals surface area contributed by atoms with Gasteiger partial charge in [-0.2, -0.15) is 4.68 Å². The van der Waals surface area contributed by atoms with E-state index in [2.05, 4.69) is 63.9 Å². The van der Waals surface area contributed by atoms with Crippen molar-refractivity contribution in [1.82, 2.24) is 25.5 Å². The third-order valence-electron chi connectivity index (χ3n) is 4.35. The van der Waals surface area contributed by atoms with E-state index in [4.69, 9.17) is 0 Å². The van der Waals surface area contributed by atoms with E-state index in [9.17, 15) is 0 Å². The molecule has 1 heterocycles. The highest BCUT2D eigenvalue weighted by atomic mass is 35.5. The number of hydrogen-bond donors (Lipinski definition) is 1. The lowest BCUT2D eigenvalue weighted by Crippen LogP contribution is -3.00. The highest BCUT2D eigenvalue weighted by molar-refractivity contribution is 7.99. The molecule has 0 aliphatic heterocycles. The summed E-state index contributed by atoms with van der Waals surface area (Å²) in [4.78, 5) is 2.35. The van der Waals surface area contributed by atoms with Crippen molar-refractivity contribution in [3.05, 3.63) is 60.2 Å². The summed E-state index contributed by atoms with van der Waals surface area (Å²) in [5, 5.41) is 16.3. The molecule has 3 aromatic rings. The summed E-state index contributed by atoms with van der Waals surface area (Å²) in [6, 6.07) is 18.8. The summed E-state index contributed by atoms with van der Waals surface area (Å²) < 4.78 is 1.77. The average Bonchev–Trinajstić information content (AvgIpc) is 3.19. The van der Waals surface area contributed by atoms with Crippen molar-refractivity contribution in [3.8, 4) is 5.69 Å². The Morgan fingerprint density at radius 1 is 0.966 bits per heavy atom. The molecule has 29 heavy (non-hydrogen) atoms. The molecular weight excluding hydrogens is 427 g/mol. The lowest BCUT2D eigenvalue weighted by Gasteiger charge is -2.21. The molecule has 0 saturated heterocycles. The minimum absolute atomic E-state index is 0. The predicted molar refractivity (Wildman–Crippen MR) is 112 cm³/mol. The van der Waals surface area contributed by atoms with Crippen LogP contribution in [0.1, 0.15) is 19.4 Å². The van der Waals surface area contributed by atoms with Gasteiger partial charge in [0.05, 0.1) is 5.69 Å². The number of para-hydroxylation sites is 1. The number of nitrogens with one attached hydrogen (secondary N) is 1. The molecule has 0 fully saturated rings. The van der Waals surface area contributed by atoms with Gasteiger partial charge in [0, 0.05) is 37.6 Å². The molecule has 0 atom stereocenters. The molecule has 0 radical (unpaired) electrons. The fourth-order valence-electron chi connectivity index (χ4n) is 2.86. The monoisotopic (exact) mass is 452 g/mol. The van der Waals surface area contributed by atoms with Crippen molar-refractivity contribution < 1.29 is 24.8 Å². The molecule has 6 nitrogen and oxygen atoms in total. The Balaban J connectivity index is 0.00000210. The Morgan fingerprint density at radius 3 is 2.31 bits per heavy atom. The van der Waals surface area contributed by atoms with Gasteiger partial charge < -0.3 is 35.0 Å². The van der Waals surface area contributed by atoms with Gasteiger partial charge in [-0.3, -0.25) is 0 Å². The number of nitrogens with zero attached hydrogens (tertiary/aromatic N) is 5. The van der Waals surface area contributed by atoms with Crippen molar-refractivity contribution in [1.29, 1.82) is 0 Å². The SMILES string of the molecule is CCN(CC)c1ccc(CNCCSc2nnnn2-c2ccccc2)cc1.[Cl-].[Cl-]. The highest BCUT2D eigenvalue weighted by Crippen LogP contribution is 2.17. The zero-order chi connectivity index (χ0) is 18.9. The molecule has 1 aromatic heterocycles. The van der Waals surface area contributed by atoms with E-state index in [1.54, 1.807) is 16.4 Å². The Kier molecular flexibility index (Phi) is 11.7. The average molecular weight is 453 g/mol. The lowest BCUT2D eigenvalue weighted by atomic mass is 10.2. The van der Waals surface area contributed by atoms with Crippen molar-refractivity contribution in [3.63, 3.8) is 0 Å². The van der Waals surface area contributed by atoms with E-state index in [-0.39, 0.29) is 24.8 Å². The lowest BCUT2D eigenvalue weighted by molar-refractivity contribution is -0.001000. The van der Waals surface area contributed by atoms with Crippen LogP contribution in [0.2, 0.25) is 0 Å². The van der Waals surface area contributed by atoms with Gasteiger partial charge in [0.2, 0.25) is 5.16 Å². The summed E-state index contributed by atoms with van der Waals surface area (Å²) in [5.74, 6) is 0.907. The number of thioether (sulfide) groups is 1. The maximum atomic E-state index is 4.12. The summed E-state index contributed by atoms with van der Waals surface area (Å²) in [5.41, 5.74) is 3.56. The van der Waals surface area contributed by atoms with Crippen molar-refractivity contribution in [2.45, 2.75) is 25.5 Å². The zero-order valence-corrected chi connectivity index (χ0v) is 19.0. The van der Waals surface area contributed by atoms with Crippen molar-refractivity contribution >= 4 is 17.4 Å². The minimum atomic E-state index is 0. The molecule has 0 saturated carbocycles. The molecule has 0 unspecified atom stereocenters. The van der Waals surface area contributed by atoms with Gasteiger partial charge in [0.1, 0.15) is 0 Å². The number of rotatable bonds is 10. The summed E-state index contributed by atoms with van der Waals surface area (Å²) in [6.07, 6.45) is 0. The molecule has 1 N–H and O–H groups in total. The van der Waals surface area contributed by atoms with Gasteiger partial charge in [-0.1, -0.05) is 42.1 Å². The van der Waals surface area contributed by atoms with Crippen LogP contribution >= 0.6 is 11.8 Å². The first-order valence-electron chi connectivity index (χ1n) is 9.33. The van der Waals surface area contributed by atoms with Crippen LogP contribution in [0.3, 0.4) is 0 Å². The standard InChI is InChI=1S/C20H26N6S.2ClH/c1-3-25(4-2)18-12-10-17(11-13-18)16-21-14-15-27-20-22-23-24-26(20)19-8-6-5-7-9-19;;/h5-13,21H,3-4,14-16H2,1-2H3;2*1H/p-2. The summed E-state index contributed by atoms with van der Waals surface area (Å²) in [7, 11) is 0. The Morgan fingerprint density at radius 2 is 1.66 bits per heavy atom. The fourth-order valence-corrected chi connectivity index (χ4v) is 3.65. The molecule has 0 aliphatic rings. The van der Waals surface area contributed by atoms with Gasteiger partial charge in [-0.25, -0.2) is 0 Å². The largest absolute Gasteiger partial charge is 1.00 e. The Hall–Kier alpha value is -1.80. The molecular formula is C20H26Cl2N6S-2. The van der Waals surface area contributed by atoms with Gasteiger partial charge in [0.15, 0.2) is 0 Å². The van der Waals surface area contributed by atoms with Crippen molar-refractivity contribution in [2.24, 2.45) is 0 Å². The Bertz CT molecular complexity index is 809.